The number of carbonyl (C=O) groups excluding carboxylic acids is 7. The lowest BCUT2D eigenvalue weighted by Gasteiger charge is -2.32. The molecule has 3 unspecified atom stereocenters. The first kappa shape index (κ1) is 59.5. The van der Waals surface area contributed by atoms with E-state index in [4.69, 9.17) is 4.74 Å². The van der Waals surface area contributed by atoms with Gasteiger partial charge in [-0.05, 0) is 66.4 Å². The molecule has 0 radical (unpaired) electrons. The summed E-state index contributed by atoms with van der Waals surface area (Å²) in [6.07, 6.45) is -5.69. The van der Waals surface area contributed by atoms with Crippen LogP contribution in [-0.2, 0) is 35.2 Å². The van der Waals surface area contributed by atoms with Gasteiger partial charge in [0.05, 0.1) is 37.6 Å². The minimum atomic E-state index is -2.25. The zero-order valence-electron chi connectivity index (χ0n) is 43.4. The average molecular weight is 1080 g/mol. The number of nitrogens with zero attached hydrogens (tertiary/aromatic N) is 2. The standard InChI is InChI=1S/C54H73N7O16/c1-4-5-6-7-8-9-22-77-37-20-16-33(17-21-37)32-12-14-34(15-13-32)47(69)55-38-25-42(67)50(72)59-52(74)45-46(68)29(2)26-61(45)53(75)39(28-62)56-51(73)44(41(66)23-31-10-18-35(64)19-11-31)58-49(71)40-24-36(65)27-60(40)54(76)43(30(3)63)57-48(38)70/h10-21,29-30,36,38-46,50,62-68,72H,4-9,22-28H2,1-3H3,(H,55,69)(H,56,73)(H,57,70)(H,58,71)(H,59,74)/t29-,30+,36+,38?,39-,40-,41+,42?,43-,44-,45-,46-,50?/m0/s1. The molecule has 23 heteroatoms. The zero-order chi connectivity index (χ0) is 56.1. The number of unbranched alkanes of at least 4 members (excludes halogenated alkanes) is 5. The van der Waals surface area contributed by atoms with Gasteiger partial charge in [-0.25, -0.2) is 0 Å². The third-order valence-corrected chi connectivity index (χ3v) is 14.2. The number of benzene rings is 3. The van der Waals surface area contributed by atoms with Crippen LogP contribution in [0.3, 0.4) is 0 Å². The molecule has 3 aromatic rings. The number of hydrogen-bond acceptors (Lipinski definition) is 16. The largest absolute Gasteiger partial charge is 0.508 e. The number of carbonyl (C=O) groups is 7. The van der Waals surface area contributed by atoms with Gasteiger partial charge in [-0.15, -0.1) is 0 Å². The van der Waals surface area contributed by atoms with Crippen LogP contribution in [0.1, 0.15) is 88.1 Å². The fourth-order valence-electron chi connectivity index (χ4n) is 9.70. The quantitative estimate of drug-likeness (QED) is 0.0742. The van der Waals surface area contributed by atoms with Gasteiger partial charge in [0, 0.05) is 43.8 Å². The lowest BCUT2D eigenvalue weighted by Crippen LogP contribution is -2.63. The van der Waals surface area contributed by atoms with E-state index < -0.39 is 146 Å². The molecule has 3 aliphatic rings. The predicted molar refractivity (Wildman–Crippen MR) is 276 cm³/mol. The molecule has 0 aromatic heterocycles. The van der Waals surface area contributed by atoms with E-state index >= 15 is 0 Å². The maximum Gasteiger partial charge on any atom is 0.251 e. The van der Waals surface area contributed by atoms with Gasteiger partial charge in [-0.1, -0.05) is 82.3 Å². The third-order valence-electron chi connectivity index (χ3n) is 14.2. The Balaban J connectivity index is 1.28. The minimum absolute atomic E-state index is 0.0314. The summed E-state index contributed by atoms with van der Waals surface area (Å²) in [6, 6.07) is 8.13. The molecule has 0 saturated carbocycles. The van der Waals surface area contributed by atoms with Gasteiger partial charge in [0.2, 0.25) is 35.4 Å². The van der Waals surface area contributed by atoms with Gasteiger partial charge in [0.15, 0.2) is 6.23 Å². The molecule has 3 aromatic carbocycles. The van der Waals surface area contributed by atoms with Crippen LogP contribution in [0.5, 0.6) is 11.5 Å². The second-order valence-corrected chi connectivity index (χ2v) is 20.2. The molecule has 23 nitrogen and oxygen atoms in total. The highest BCUT2D eigenvalue weighted by molar-refractivity contribution is 6.00. The van der Waals surface area contributed by atoms with E-state index in [0.717, 1.165) is 47.1 Å². The van der Waals surface area contributed by atoms with Crippen molar-refractivity contribution in [2.24, 2.45) is 5.92 Å². The summed E-state index contributed by atoms with van der Waals surface area (Å²) in [6.45, 7) is 3.44. The number of fused-ring (bicyclic) bond motifs is 2. The molecular weight excluding hydrogens is 1000 g/mol. The molecule has 3 heterocycles. The van der Waals surface area contributed by atoms with Gasteiger partial charge in [-0.2, -0.15) is 0 Å². The Hall–Kier alpha value is -6.73. The van der Waals surface area contributed by atoms with Gasteiger partial charge >= 0.3 is 0 Å². The van der Waals surface area contributed by atoms with Crippen LogP contribution in [0.25, 0.3) is 11.1 Å². The van der Waals surface area contributed by atoms with Crippen LogP contribution >= 0.6 is 0 Å². The van der Waals surface area contributed by atoms with Gasteiger partial charge in [-0.3, -0.25) is 33.6 Å². The van der Waals surface area contributed by atoms with Gasteiger partial charge in [0.1, 0.15) is 53.9 Å². The first-order valence-electron chi connectivity index (χ1n) is 26.1. The summed E-state index contributed by atoms with van der Waals surface area (Å²) in [4.78, 5) is 101. The van der Waals surface area contributed by atoms with Crippen molar-refractivity contribution in [1.82, 2.24) is 36.4 Å². The Morgan fingerprint density at radius 2 is 1.34 bits per heavy atom. The Labute approximate surface area is 446 Å². The normalized spacial score (nSPS) is 27.7. The van der Waals surface area contributed by atoms with E-state index in [-0.39, 0.29) is 24.3 Å². The molecule has 420 valence electrons. The minimum Gasteiger partial charge on any atom is -0.508 e. The molecule has 0 bridgehead atoms. The highest BCUT2D eigenvalue weighted by atomic mass is 16.5. The molecule has 6 rings (SSSR count). The van der Waals surface area contributed by atoms with E-state index in [1.54, 1.807) is 12.1 Å². The Kier molecular flexibility index (Phi) is 21.3. The number of ether oxygens (including phenoxy) is 1. The molecule has 3 saturated heterocycles. The van der Waals surface area contributed by atoms with Crippen LogP contribution in [0.2, 0.25) is 0 Å². The highest BCUT2D eigenvalue weighted by Gasteiger charge is 2.49. The predicted octanol–water partition coefficient (Wildman–Crippen LogP) is -1.30. The monoisotopic (exact) mass is 1080 g/mol. The first-order chi connectivity index (χ1) is 36.7. The molecular formula is C54H73N7O16. The molecule has 3 fully saturated rings. The van der Waals surface area contributed by atoms with Crippen LogP contribution in [-0.4, -0.2) is 191 Å². The van der Waals surface area contributed by atoms with E-state index in [1.165, 1.54) is 62.6 Å². The maximum atomic E-state index is 14.4. The Morgan fingerprint density at radius 3 is 1.97 bits per heavy atom. The summed E-state index contributed by atoms with van der Waals surface area (Å²) in [5, 5.41) is 99.1. The van der Waals surface area contributed by atoms with Gasteiger partial charge in [0.25, 0.3) is 5.91 Å². The number of aliphatic hydroxyl groups is 7. The topological polar surface area (TPSA) is 357 Å². The van der Waals surface area contributed by atoms with E-state index in [0.29, 0.717) is 17.9 Å². The van der Waals surface area contributed by atoms with E-state index in [1.807, 2.05) is 24.3 Å². The first-order valence-corrected chi connectivity index (χ1v) is 26.1. The lowest BCUT2D eigenvalue weighted by atomic mass is 10.00. The van der Waals surface area contributed by atoms with Crippen LogP contribution in [0.15, 0.2) is 72.8 Å². The maximum absolute atomic E-state index is 14.4. The number of nitrogens with one attached hydrogen (secondary N) is 5. The molecule has 13 atom stereocenters. The number of phenolic OH excluding ortho intramolecular Hbond substituents is 1. The third kappa shape index (κ3) is 15.5. The van der Waals surface area contributed by atoms with Crippen molar-refractivity contribution in [3.05, 3.63) is 83.9 Å². The van der Waals surface area contributed by atoms with Gasteiger partial charge < -0.3 is 82.0 Å². The lowest BCUT2D eigenvalue weighted by molar-refractivity contribution is -0.147. The Morgan fingerprint density at radius 1 is 0.714 bits per heavy atom. The fraction of sp³-hybridized carbons (Fsp3) is 0.537. The highest BCUT2D eigenvalue weighted by Crippen LogP contribution is 2.27. The van der Waals surface area contributed by atoms with E-state index in [2.05, 4.69) is 33.5 Å². The molecule has 13 N–H and O–H groups in total. The summed E-state index contributed by atoms with van der Waals surface area (Å²) < 4.78 is 5.91. The van der Waals surface area contributed by atoms with Crippen molar-refractivity contribution in [2.75, 3.05) is 26.3 Å². The number of amides is 7. The number of aliphatic hydroxyl groups excluding tert-OH is 7. The molecule has 0 spiro atoms. The zero-order valence-corrected chi connectivity index (χ0v) is 43.4. The smallest absolute Gasteiger partial charge is 0.251 e. The molecule has 0 aliphatic carbocycles. The Bertz CT molecular complexity index is 2500. The average Bonchev–Trinajstić information content (AvgIpc) is 3.96. The number of rotatable bonds is 16. The van der Waals surface area contributed by atoms with Crippen LogP contribution in [0.4, 0.5) is 0 Å². The van der Waals surface area contributed by atoms with Crippen molar-refractivity contribution in [1.29, 1.82) is 0 Å². The molecule has 3 aliphatic heterocycles. The fourth-order valence-corrected chi connectivity index (χ4v) is 9.70. The SMILES string of the molecule is CCCCCCCCOc1ccc(-c2ccc(C(=O)NC3CC(O)C(O)NC(=O)[C@@H]4[C@@H](O)[C@@H](C)CN4C(=O)[C@H](CO)NC(=O)[C@H]([C@H](O)Cc4ccc(O)cc4)NC(=O)[C@@H]4C[C@@H](O)CN4C(=O)[C@H]([C@@H](C)O)NC3=O)cc2)cc1. The van der Waals surface area contributed by atoms with Crippen molar-refractivity contribution < 1.29 is 79.2 Å². The summed E-state index contributed by atoms with van der Waals surface area (Å²) in [5.41, 5.74) is 1.93. The summed E-state index contributed by atoms with van der Waals surface area (Å²) in [5.74, 6) is -8.07. The number of phenols is 1. The number of aromatic hydroxyl groups is 1. The van der Waals surface area contributed by atoms with Crippen molar-refractivity contribution in [3.63, 3.8) is 0 Å². The number of hydrogen-bond donors (Lipinski definition) is 13. The second-order valence-electron chi connectivity index (χ2n) is 20.2. The van der Waals surface area contributed by atoms with Crippen molar-refractivity contribution >= 4 is 41.4 Å². The molecule has 77 heavy (non-hydrogen) atoms. The van der Waals surface area contributed by atoms with Crippen molar-refractivity contribution in [2.45, 2.75) is 152 Å². The summed E-state index contributed by atoms with van der Waals surface area (Å²) in [7, 11) is 0. The van der Waals surface area contributed by atoms with Crippen LogP contribution < -0.4 is 31.3 Å². The second kappa shape index (κ2) is 27.5. The van der Waals surface area contributed by atoms with Crippen LogP contribution in [0, 0.1) is 5.92 Å². The van der Waals surface area contributed by atoms with Crippen molar-refractivity contribution in [3.8, 4) is 22.6 Å². The summed E-state index contributed by atoms with van der Waals surface area (Å²) >= 11 is 0. The molecule has 7 amide bonds. The van der Waals surface area contributed by atoms with E-state index in [9.17, 15) is 74.4 Å².